The predicted octanol–water partition coefficient (Wildman–Crippen LogP) is 3.70. The third-order valence-electron chi connectivity index (χ3n) is 3.10. The molecule has 0 saturated heterocycles. The van der Waals surface area contributed by atoms with Crippen molar-refractivity contribution in [3.05, 3.63) is 40.9 Å². The van der Waals surface area contributed by atoms with Crippen molar-refractivity contribution in [2.45, 2.75) is 39.8 Å². The molecule has 0 unspecified atom stereocenters. The fraction of sp³-hybridized carbons (Fsp3) is 0.400. The Morgan fingerprint density at radius 2 is 1.95 bits per heavy atom. The van der Waals surface area contributed by atoms with E-state index in [9.17, 15) is 0 Å². The number of nitrogens with two attached hydrogens (primary N) is 1. The van der Waals surface area contributed by atoms with Crippen LogP contribution in [0.25, 0.3) is 0 Å². The van der Waals surface area contributed by atoms with Crippen LogP contribution in [0.1, 0.15) is 32.0 Å². The largest absolute Gasteiger partial charge is 0.399 e. The number of hydrogen-bond acceptors (Lipinski definition) is 4. The molecule has 2 aromatic rings. The van der Waals surface area contributed by atoms with Crippen molar-refractivity contribution >= 4 is 22.2 Å². The molecule has 0 saturated carbocycles. The number of thiazole rings is 1. The lowest BCUT2D eigenvalue weighted by atomic mass is 10.2. The molecule has 1 heterocycles. The molecule has 102 valence electrons. The number of aromatic nitrogens is 1. The zero-order valence-electron chi connectivity index (χ0n) is 11.8. The molecule has 0 radical (unpaired) electrons. The van der Waals surface area contributed by atoms with Gasteiger partial charge in [0.05, 0.1) is 5.69 Å². The molecule has 4 heteroatoms. The zero-order valence-corrected chi connectivity index (χ0v) is 12.6. The van der Waals surface area contributed by atoms with Crippen molar-refractivity contribution < 1.29 is 0 Å². The summed E-state index contributed by atoms with van der Waals surface area (Å²) < 4.78 is 0. The van der Waals surface area contributed by atoms with Gasteiger partial charge in [-0.25, -0.2) is 4.98 Å². The van der Waals surface area contributed by atoms with E-state index < -0.39 is 0 Å². The molecule has 0 amide bonds. The summed E-state index contributed by atoms with van der Waals surface area (Å²) in [5.74, 6) is 0. The van der Waals surface area contributed by atoms with Gasteiger partial charge in [0, 0.05) is 23.7 Å². The maximum Gasteiger partial charge on any atom is 0.186 e. The standard InChI is InChI=1S/C15H21N3S/c1-4-14-10-19-15(17-14)18(11(2)3)9-12-5-7-13(16)8-6-12/h5-8,10-11H,4,9,16H2,1-3H3. The van der Waals surface area contributed by atoms with Crippen molar-refractivity contribution in [3.8, 4) is 0 Å². The van der Waals surface area contributed by atoms with E-state index in [0.717, 1.165) is 23.8 Å². The van der Waals surface area contributed by atoms with Crippen LogP contribution in [0.5, 0.6) is 0 Å². The van der Waals surface area contributed by atoms with Crippen LogP contribution in [0.2, 0.25) is 0 Å². The van der Waals surface area contributed by atoms with Crippen LogP contribution < -0.4 is 10.6 Å². The van der Waals surface area contributed by atoms with Crippen molar-refractivity contribution in [2.75, 3.05) is 10.6 Å². The summed E-state index contributed by atoms with van der Waals surface area (Å²) in [6.45, 7) is 7.40. The van der Waals surface area contributed by atoms with Gasteiger partial charge in [0.25, 0.3) is 0 Å². The van der Waals surface area contributed by atoms with E-state index in [-0.39, 0.29) is 0 Å². The monoisotopic (exact) mass is 275 g/mol. The van der Waals surface area contributed by atoms with E-state index in [1.807, 2.05) is 12.1 Å². The number of anilines is 2. The summed E-state index contributed by atoms with van der Waals surface area (Å²) in [6, 6.07) is 8.49. The van der Waals surface area contributed by atoms with Gasteiger partial charge in [-0.3, -0.25) is 0 Å². The lowest BCUT2D eigenvalue weighted by molar-refractivity contribution is 0.678. The molecular weight excluding hydrogens is 254 g/mol. The van der Waals surface area contributed by atoms with Crippen LogP contribution in [-0.4, -0.2) is 11.0 Å². The number of nitrogens with zero attached hydrogens (tertiary/aromatic N) is 2. The number of benzene rings is 1. The van der Waals surface area contributed by atoms with Crippen LogP contribution in [-0.2, 0) is 13.0 Å². The van der Waals surface area contributed by atoms with E-state index in [4.69, 9.17) is 5.73 Å². The molecule has 1 aromatic carbocycles. The summed E-state index contributed by atoms with van der Waals surface area (Å²) in [5.41, 5.74) is 8.96. The molecule has 0 aliphatic heterocycles. The molecule has 0 aliphatic carbocycles. The first-order valence-electron chi connectivity index (χ1n) is 6.65. The Bertz CT molecular complexity index is 516. The normalized spacial score (nSPS) is 10.9. The quantitative estimate of drug-likeness (QED) is 0.846. The Hall–Kier alpha value is -1.55. The van der Waals surface area contributed by atoms with Gasteiger partial charge in [-0.05, 0) is 38.0 Å². The smallest absolute Gasteiger partial charge is 0.186 e. The first-order chi connectivity index (χ1) is 9.10. The van der Waals surface area contributed by atoms with E-state index >= 15 is 0 Å². The Balaban J connectivity index is 2.18. The van der Waals surface area contributed by atoms with Crippen LogP contribution in [0.4, 0.5) is 10.8 Å². The highest BCUT2D eigenvalue weighted by Crippen LogP contribution is 2.25. The first kappa shape index (κ1) is 13.9. The lowest BCUT2D eigenvalue weighted by Gasteiger charge is -2.26. The minimum Gasteiger partial charge on any atom is -0.399 e. The van der Waals surface area contributed by atoms with Gasteiger partial charge in [-0.1, -0.05) is 19.1 Å². The van der Waals surface area contributed by atoms with Gasteiger partial charge in [-0.15, -0.1) is 11.3 Å². The minimum atomic E-state index is 0.424. The van der Waals surface area contributed by atoms with Crippen LogP contribution in [0.15, 0.2) is 29.6 Å². The second-order valence-electron chi connectivity index (χ2n) is 4.94. The number of hydrogen-bond donors (Lipinski definition) is 1. The Morgan fingerprint density at radius 3 is 2.47 bits per heavy atom. The van der Waals surface area contributed by atoms with Crippen molar-refractivity contribution in [2.24, 2.45) is 0 Å². The average molecular weight is 275 g/mol. The minimum absolute atomic E-state index is 0.424. The molecule has 0 fully saturated rings. The Labute approximate surface area is 119 Å². The molecule has 1 aromatic heterocycles. The summed E-state index contributed by atoms with van der Waals surface area (Å²) >= 11 is 1.72. The highest BCUT2D eigenvalue weighted by molar-refractivity contribution is 7.13. The van der Waals surface area contributed by atoms with Gasteiger partial charge < -0.3 is 10.6 Å². The predicted molar refractivity (Wildman–Crippen MR) is 83.7 cm³/mol. The molecule has 0 atom stereocenters. The van der Waals surface area contributed by atoms with E-state index in [2.05, 4.69) is 48.2 Å². The SMILES string of the molecule is CCc1csc(N(Cc2ccc(N)cc2)C(C)C)n1. The van der Waals surface area contributed by atoms with Crippen molar-refractivity contribution in [1.29, 1.82) is 0 Å². The first-order valence-corrected chi connectivity index (χ1v) is 7.53. The van der Waals surface area contributed by atoms with Gasteiger partial charge >= 0.3 is 0 Å². The average Bonchev–Trinajstić information content (AvgIpc) is 2.86. The highest BCUT2D eigenvalue weighted by Gasteiger charge is 2.14. The van der Waals surface area contributed by atoms with Crippen LogP contribution in [0, 0.1) is 0 Å². The summed E-state index contributed by atoms with van der Waals surface area (Å²) in [6.07, 6.45) is 0.990. The summed E-state index contributed by atoms with van der Waals surface area (Å²) in [4.78, 5) is 7.01. The Kier molecular flexibility index (Phi) is 4.43. The highest BCUT2D eigenvalue weighted by atomic mass is 32.1. The van der Waals surface area contributed by atoms with Crippen LogP contribution >= 0.6 is 11.3 Å². The Morgan fingerprint density at radius 1 is 1.26 bits per heavy atom. The molecule has 19 heavy (non-hydrogen) atoms. The molecule has 3 nitrogen and oxygen atoms in total. The number of aryl methyl sites for hydroxylation is 1. The molecule has 2 N–H and O–H groups in total. The van der Waals surface area contributed by atoms with Crippen molar-refractivity contribution in [1.82, 2.24) is 4.98 Å². The molecule has 0 bridgehead atoms. The summed E-state index contributed by atoms with van der Waals surface area (Å²) in [5, 5.41) is 3.25. The fourth-order valence-electron chi connectivity index (χ4n) is 1.88. The maximum absolute atomic E-state index is 5.73. The van der Waals surface area contributed by atoms with Gasteiger partial charge in [-0.2, -0.15) is 0 Å². The van der Waals surface area contributed by atoms with Gasteiger partial charge in [0.1, 0.15) is 0 Å². The number of rotatable bonds is 5. The fourth-order valence-corrected chi connectivity index (χ4v) is 2.92. The van der Waals surface area contributed by atoms with E-state index in [0.29, 0.717) is 6.04 Å². The third-order valence-corrected chi connectivity index (χ3v) is 4.03. The summed E-state index contributed by atoms with van der Waals surface area (Å²) in [7, 11) is 0. The second-order valence-corrected chi connectivity index (χ2v) is 5.77. The topological polar surface area (TPSA) is 42.1 Å². The number of nitrogen functional groups attached to an aromatic ring is 1. The molecular formula is C15H21N3S. The van der Waals surface area contributed by atoms with E-state index in [1.165, 1.54) is 11.3 Å². The maximum atomic E-state index is 5.73. The lowest BCUT2D eigenvalue weighted by Crippen LogP contribution is -2.30. The second kappa shape index (κ2) is 6.06. The molecule has 2 rings (SSSR count). The third kappa shape index (κ3) is 3.47. The van der Waals surface area contributed by atoms with Gasteiger partial charge in [0.15, 0.2) is 5.13 Å². The zero-order chi connectivity index (χ0) is 13.8. The van der Waals surface area contributed by atoms with Gasteiger partial charge in [0.2, 0.25) is 0 Å². The van der Waals surface area contributed by atoms with E-state index in [1.54, 1.807) is 11.3 Å². The molecule has 0 aliphatic rings. The van der Waals surface area contributed by atoms with Crippen LogP contribution in [0.3, 0.4) is 0 Å². The van der Waals surface area contributed by atoms with Crippen molar-refractivity contribution in [3.63, 3.8) is 0 Å². The molecule has 0 spiro atoms.